The Morgan fingerprint density at radius 3 is 2.62 bits per heavy atom. The number of alkyl halides is 3. The van der Waals surface area contributed by atoms with E-state index in [0.29, 0.717) is 17.5 Å². The molecule has 0 saturated heterocycles. The number of oxime groups is 1. The number of hydrogen-bond acceptors (Lipinski definition) is 7. The van der Waals surface area contributed by atoms with Crippen molar-refractivity contribution in [2.24, 2.45) is 11.1 Å². The van der Waals surface area contributed by atoms with Gasteiger partial charge < -0.3 is 9.57 Å². The van der Waals surface area contributed by atoms with E-state index in [9.17, 15) is 13.2 Å². The molecule has 4 rings (SSSR count). The Morgan fingerprint density at radius 1 is 1.17 bits per heavy atom. The van der Waals surface area contributed by atoms with Gasteiger partial charge in [0.25, 0.3) is 0 Å². The second-order valence-corrected chi connectivity index (χ2v) is 6.78. The zero-order valence-corrected chi connectivity index (χ0v) is 15.5. The highest BCUT2D eigenvalue weighted by molar-refractivity contribution is 6.30. The minimum Gasteiger partial charge on any atom is -0.423 e. The highest BCUT2D eigenvalue weighted by atomic mass is 35.5. The molecule has 0 bridgehead atoms. The average Bonchev–Trinajstić information content (AvgIpc) is 3.50. The number of rotatable bonds is 6. The van der Waals surface area contributed by atoms with Gasteiger partial charge >= 0.3 is 12.2 Å². The van der Waals surface area contributed by atoms with Crippen molar-refractivity contribution < 1.29 is 22.7 Å². The van der Waals surface area contributed by atoms with E-state index >= 15 is 0 Å². The predicted molar refractivity (Wildman–Crippen MR) is 97.9 cm³/mol. The molecule has 2 aromatic heterocycles. The van der Waals surface area contributed by atoms with E-state index in [0.717, 1.165) is 19.1 Å². The van der Waals surface area contributed by atoms with E-state index in [1.807, 2.05) is 0 Å². The largest absolute Gasteiger partial charge is 0.451 e. The highest BCUT2D eigenvalue weighted by Gasteiger charge is 2.35. The number of aromatic nitrogens is 4. The van der Waals surface area contributed by atoms with Gasteiger partial charge in [0.15, 0.2) is 0 Å². The standard InChI is InChI=1S/C18H13ClF3N5O2/c19-11-6-23-17(24-7-11)29-14-3-1-2-12-15(14)13(8-25-28-9-10-4-5-10)27-16(26-12)18(20,21)22/h1-3,6-8,10H,4-5,9H2. The molecule has 2 heterocycles. The van der Waals surface area contributed by atoms with Crippen LogP contribution in [0.3, 0.4) is 0 Å². The first-order valence-electron chi connectivity index (χ1n) is 8.59. The molecule has 11 heteroatoms. The number of hydrogen-bond donors (Lipinski definition) is 0. The summed E-state index contributed by atoms with van der Waals surface area (Å²) >= 11 is 5.75. The molecule has 0 radical (unpaired) electrons. The van der Waals surface area contributed by atoms with Gasteiger partial charge in [0.2, 0.25) is 5.82 Å². The van der Waals surface area contributed by atoms with Gasteiger partial charge in [-0.1, -0.05) is 22.8 Å². The molecule has 0 spiro atoms. The number of benzene rings is 1. The van der Waals surface area contributed by atoms with E-state index in [1.165, 1.54) is 24.5 Å². The molecular weight excluding hydrogens is 411 g/mol. The summed E-state index contributed by atoms with van der Waals surface area (Å²) in [7, 11) is 0. The number of nitrogens with zero attached hydrogens (tertiary/aromatic N) is 5. The Labute approximate surface area is 167 Å². The third-order valence-electron chi connectivity index (χ3n) is 4.02. The van der Waals surface area contributed by atoms with Crippen LogP contribution in [0.25, 0.3) is 10.9 Å². The van der Waals surface area contributed by atoms with Gasteiger partial charge in [0.05, 0.1) is 34.5 Å². The van der Waals surface area contributed by atoms with Crippen molar-refractivity contribution in [1.82, 2.24) is 19.9 Å². The SMILES string of the molecule is FC(F)(F)c1nc(C=NOCC2CC2)c2c(Oc3ncc(Cl)cn3)cccc2n1. The van der Waals surface area contributed by atoms with Gasteiger partial charge in [-0.05, 0) is 30.9 Å². The van der Waals surface area contributed by atoms with Crippen molar-refractivity contribution in [3.05, 3.63) is 47.1 Å². The molecule has 1 aliphatic rings. The smallest absolute Gasteiger partial charge is 0.423 e. The Morgan fingerprint density at radius 2 is 1.93 bits per heavy atom. The molecule has 0 aliphatic heterocycles. The van der Waals surface area contributed by atoms with Gasteiger partial charge in [-0.25, -0.2) is 19.9 Å². The lowest BCUT2D eigenvalue weighted by atomic mass is 10.1. The normalized spacial score (nSPS) is 14.5. The highest BCUT2D eigenvalue weighted by Crippen LogP contribution is 2.33. The van der Waals surface area contributed by atoms with E-state index in [1.54, 1.807) is 6.07 Å². The molecule has 0 amide bonds. The van der Waals surface area contributed by atoms with E-state index in [2.05, 4.69) is 25.1 Å². The molecule has 3 aromatic rings. The Bertz CT molecular complexity index is 1060. The maximum atomic E-state index is 13.2. The van der Waals surface area contributed by atoms with Crippen LogP contribution in [-0.4, -0.2) is 32.8 Å². The van der Waals surface area contributed by atoms with Crippen molar-refractivity contribution in [2.45, 2.75) is 19.0 Å². The van der Waals surface area contributed by atoms with Gasteiger partial charge in [-0.2, -0.15) is 13.2 Å². The molecule has 7 nitrogen and oxygen atoms in total. The second-order valence-electron chi connectivity index (χ2n) is 6.34. The third kappa shape index (κ3) is 4.70. The number of fused-ring (bicyclic) bond motifs is 1. The minimum atomic E-state index is -4.72. The molecule has 150 valence electrons. The molecule has 0 N–H and O–H groups in total. The van der Waals surface area contributed by atoms with Crippen LogP contribution < -0.4 is 4.74 Å². The van der Waals surface area contributed by atoms with E-state index in [4.69, 9.17) is 21.2 Å². The molecule has 1 saturated carbocycles. The topological polar surface area (TPSA) is 82.4 Å². The molecular formula is C18H13ClF3N5O2. The first-order chi connectivity index (χ1) is 13.9. The van der Waals surface area contributed by atoms with Crippen molar-refractivity contribution >= 4 is 28.7 Å². The van der Waals surface area contributed by atoms with Crippen LogP contribution in [0.5, 0.6) is 11.8 Å². The van der Waals surface area contributed by atoms with Crippen LogP contribution in [-0.2, 0) is 11.0 Å². The summed E-state index contributed by atoms with van der Waals surface area (Å²) in [5, 5.41) is 4.30. The summed E-state index contributed by atoms with van der Waals surface area (Å²) in [5.74, 6) is -0.670. The van der Waals surface area contributed by atoms with E-state index in [-0.39, 0.29) is 28.4 Å². The lowest BCUT2D eigenvalue weighted by molar-refractivity contribution is -0.144. The third-order valence-corrected chi connectivity index (χ3v) is 4.22. The molecule has 0 atom stereocenters. The Kier molecular flexibility index (Phi) is 5.18. The summed E-state index contributed by atoms with van der Waals surface area (Å²) in [6, 6.07) is 4.43. The monoisotopic (exact) mass is 423 g/mol. The van der Waals surface area contributed by atoms with Crippen LogP contribution in [0.1, 0.15) is 24.4 Å². The van der Waals surface area contributed by atoms with Gasteiger partial charge in [-0.3, -0.25) is 0 Å². The number of ether oxygens (including phenoxy) is 1. The lowest BCUT2D eigenvalue weighted by Crippen LogP contribution is -2.13. The fraction of sp³-hybridized carbons (Fsp3) is 0.278. The molecule has 1 aromatic carbocycles. The summed E-state index contributed by atoms with van der Waals surface area (Å²) in [4.78, 5) is 20.2. The Balaban J connectivity index is 1.75. The van der Waals surface area contributed by atoms with Crippen molar-refractivity contribution in [2.75, 3.05) is 6.61 Å². The fourth-order valence-electron chi connectivity index (χ4n) is 2.46. The van der Waals surface area contributed by atoms with Crippen LogP contribution >= 0.6 is 11.6 Å². The summed E-state index contributed by atoms with van der Waals surface area (Å²) in [6.07, 6.45) is 1.19. The molecule has 1 fully saturated rings. The van der Waals surface area contributed by atoms with Crippen LogP contribution in [0, 0.1) is 5.92 Å². The van der Waals surface area contributed by atoms with E-state index < -0.39 is 12.0 Å². The summed E-state index contributed by atoms with van der Waals surface area (Å²) in [6.45, 7) is 0.410. The zero-order valence-electron chi connectivity index (χ0n) is 14.7. The van der Waals surface area contributed by atoms with Crippen molar-refractivity contribution in [3.8, 4) is 11.8 Å². The van der Waals surface area contributed by atoms with Crippen LogP contribution in [0.15, 0.2) is 35.7 Å². The molecule has 1 aliphatic carbocycles. The average molecular weight is 424 g/mol. The van der Waals surface area contributed by atoms with Crippen molar-refractivity contribution in [3.63, 3.8) is 0 Å². The predicted octanol–water partition coefficient (Wildman–Crippen LogP) is 4.64. The van der Waals surface area contributed by atoms with Gasteiger partial charge in [0, 0.05) is 0 Å². The molecule has 29 heavy (non-hydrogen) atoms. The van der Waals surface area contributed by atoms with Gasteiger partial charge in [-0.15, -0.1) is 0 Å². The van der Waals surface area contributed by atoms with Crippen molar-refractivity contribution in [1.29, 1.82) is 0 Å². The summed E-state index contributed by atoms with van der Waals surface area (Å²) in [5.41, 5.74) is -0.0647. The van der Waals surface area contributed by atoms with Gasteiger partial charge in [0.1, 0.15) is 18.1 Å². The zero-order chi connectivity index (χ0) is 20.4. The lowest BCUT2D eigenvalue weighted by Gasteiger charge is -2.11. The quantitative estimate of drug-likeness (QED) is 0.424. The molecule has 0 unspecified atom stereocenters. The fourth-order valence-corrected chi connectivity index (χ4v) is 2.55. The van der Waals surface area contributed by atoms with Crippen LogP contribution in [0.2, 0.25) is 5.02 Å². The maximum Gasteiger partial charge on any atom is 0.451 e. The minimum absolute atomic E-state index is 0.0300. The maximum absolute atomic E-state index is 13.2. The van der Waals surface area contributed by atoms with Crippen LogP contribution in [0.4, 0.5) is 13.2 Å². The summed E-state index contributed by atoms with van der Waals surface area (Å²) < 4.78 is 45.3. The second kappa shape index (κ2) is 7.78. The first-order valence-corrected chi connectivity index (χ1v) is 8.96. The Hall–Kier alpha value is -3.01. The first kappa shape index (κ1) is 19.3. The number of halogens is 4.